The second kappa shape index (κ2) is 5.61. The van der Waals surface area contributed by atoms with Gasteiger partial charge in [-0.15, -0.1) is 0 Å². The number of nitrogens with zero attached hydrogens (tertiary/aromatic N) is 1. The first-order valence-corrected chi connectivity index (χ1v) is 6.84. The molecule has 104 valence electrons. The lowest BCUT2D eigenvalue weighted by molar-refractivity contribution is 0.0975. The molecule has 1 fully saturated rings. The van der Waals surface area contributed by atoms with Gasteiger partial charge in [0.05, 0.1) is 6.04 Å². The van der Waals surface area contributed by atoms with Gasteiger partial charge >= 0.3 is 6.03 Å². The number of hydrogen-bond donors (Lipinski definition) is 2. The van der Waals surface area contributed by atoms with Crippen molar-refractivity contribution in [1.29, 1.82) is 0 Å². The molecule has 1 heterocycles. The Hall–Kier alpha value is -1.55. The Balaban J connectivity index is 1.82. The highest BCUT2D eigenvalue weighted by Crippen LogP contribution is 2.15. The quantitative estimate of drug-likeness (QED) is 0.878. The summed E-state index contributed by atoms with van der Waals surface area (Å²) in [5.41, 5.74) is 3.17. The Kier molecular flexibility index (Phi) is 4.10. The maximum atomic E-state index is 11.9. The third kappa shape index (κ3) is 3.70. The fourth-order valence-corrected chi connectivity index (χ4v) is 2.43. The number of nitrogens with one attached hydrogen (secondary N) is 2. The van der Waals surface area contributed by atoms with Crippen LogP contribution >= 0.6 is 0 Å². The van der Waals surface area contributed by atoms with Crippen LogP contribution in [-0.4, -0.2) is 36.1 Å². The zero-order valence-corrected chi connectivity index (χ0v) is 12.2. The van der Waals surface area contributed by atoms with Crippen molar-refractivity contribution in [1.82, 2.24) is 10.2 Å². The minimum absolute atomic E-state index is 0.113. The summed E-state index contributed by atoms with van der Waals surface area (Å²) in [5.74, 6) is 0. The van der Waals surface area contributed by atoms with Gasteiger partial charge in [-0.2, -0.15) is 0 Å². The van der Waals surface area contributed by atoms with Gasteiger partial charge in [0.25, 0.3) is 0 Å². The number of carbonyl (C=O) groups is 1. The third-order valence-electron chi connectivity index (χ3n) is 3.45. The molecular formula is C15H23N3O. The number of hydrogen-bond acceptors (Lipinski definition) is 2. The first-order valence-electron chi connectivity index (χ1n) is 6.84. The Bertz CT molecular complexity index is 444. The first-order chi connectivity index (χ1) is 8.94. The summed E-state index contributed by atoms with van der Waals surface area (Å²) >= 11 is 0. The summed E-state index contributed by atoms with van der Waals surface area (Å²) in [5, 5.41) is 5.90. The number of anilines is 1. The highest BCUT2D eigenvalue weighted by molar-refractivity contribution is 5.89. The largest absolute Gasteiger partial charge is 0.333 e. The standard InChI is InChI=1S/C15H23N3O/c1-10(2)18-8-14(9-18)17-15(19)16-13-6-11(3)5-12(4)7-13/h5-7,10,14H,8-9H2,1-4H3,(H2,16,17,19). The molecular weight excluding hydrogens is 238 g/mol. The predicted octanol–water partition coefficient (Wildman–Crippen LogP) is 2.52. The van der Waals surface area contributed by atoms with Gasteiger partial charge in [-0.25, -0.2) is 4.79 Å². The van der Waals surface area contributed by atoms with E-state index in [0.717, 1.165) is 29.9 Å². The Labute approximate surface area is 115 Å². The van der Waals surface area contributed by atoms with Gasteiger partial charge in [0.1, 0.15) is 0 Å². The van der Waals surface area contributed by atoms with Crippen LogP contribution in [-0.2, 0) is 0 Å². The van der Waals surface area contributed by atoms with Crippen molar-refractivity contribution in [2.24, 2.45) is 0 Å². The van der Waals surface area contributed by atoms with Crippen molar-refractivity contribution in [2.45, 2.75) is 39.8 Å². The molecule has 2 rings (SSSR count). The van der Waals surface area contributed by atoms with Gasteiger partial charge in [0.15, 0.2) is 0 Å². The molecule has 4 nitrogen and oxygen atoms in total. The molecule has 0 saturated carbocycles. The van der Waals surface area contributed by atoms with E-state index >= 15 is 0 Å². The van der Waals surface area contributed by atoms with Crippen LogP contribution in [0.15, 0.2) is 18.2 Å². The molecule has 4 heteroatoms. The Morgan fingerprint density at radius 1 is 1.21 bits per heavy atom. The summed E-state index contributed by atoms with van der Waals surface area (Å²) in [6.45, 7) is 10.3. The van der Waals surface area contributed by atoms with E-state index in [1.54, 1.807) is 0 Å². The van der Waals surface area contributed by atoms with Crippen molar-refractivity contribution >= 4 is 11.7 Å². The topological polar surface area (TPSA) is 44.4 Å². The zero-order chi connectivity index (χ0) is 14.0. The molecule has 1 saturated heterocycles. The van der Waals surface area contributed by atoms with Gasteiger partial charge in [-0.3, -0.25) is 4.90 Å². The van der Waals surface area contributed by atoms with E-state index in [4.69, 9.17) is 0 Å². The average Bonchev–Trinajstić information content (AvgIpc) is 2.20. The van der Waals surface area contributed by atoms with Crippen LogP contribution in [0.25, 0.3) is 0 Å². The van der Waals surface area contributed by atoms with Crippen LogP contribution < -0.4 is 10.6 Å². The number of aryl methyl sites for hydroxylation is 2. The van der Waals surface area contributed by atoms with Gasteiger partial charge in [-0.1, -0.05) is 6.07 Å². The average molecular weight is 261 g/mol. The number of urea groups is 1. The SMILES string of the molecule is Cc1cc(C)cc(NC(=O)NC2CN(C(C)C)C2)c1. The van der Waals surface area contributed by atoms with Crippen molar-refractivity contribution < 1.29 is 4.79 Å². The monoisotopic (exact) mass is 261 g/mol. The molecule has 0 atom stereocenters. The van der Waals surface area contributed by atoms with E-state index in [1.165, 1.54) is 0 Å². The molecule has 0 aliphatic carbocycles. The number of carbonyl (C=O) groups excluding carboxylic acids is 1. The molecule has 19 heavy (non-hydrogen) atoms. The number of likely N-dealkylation sites (tertiary alicyclic amines) is 1. The summed E-state index contributed by atoms with van der Waals surface area (Å²) in [4.78, 5) is 14.2. The van der Waals surface area contributed by atoms with Crippen molar-refractivity contribution in [3.05, 3.63) is 29.3 Å². The van der Waals surface area contributed by atoms with Crippen LogP contribution in [0.3, 0.4) is 0 Å². The molecule has 1 aromatic carbocycles. The number of benzene rings is 1. The molecule has 2 N–H and O–H groups in total. The van der Waals surface area contributed by atoms with Crippen molar-refractivity contribution in [3.63, 3.8) is 0 Å². The van der Waals surface area contributed by atoms with Crippen LogP contribution in [0.2, 0.25) is 0 Å². The van der Waals surface area contributed by atoms with Crippen molar-refractivity contribution in [3.8, 4) is 0 Å². The molecule has 0 bridgehead atoms. The van der Waals surface area contributed by atoms with Crippen LogP contribution in [0.4, 0.5) is 10.5 Å². The normalized spacial score (nSPS) is 16.3. The maximum Gasteiger partial charge on any atom is 0.319 e. The van der Waals surface area contributed by atoms with E-state index < -0.39 is 0 Å². The molecule has 0 unspecified atom stereocenters. The van der Waals surface area contributed by atoms with E-state index in [1.807, 2.05) is 26.0 Å². The van der Waals surface area contributed by atoms with E-state index in [0.29, 0.717) is 6.04 Å². The van der Waals surface area contributed by atoms with Gasteiger partial charge in [-0.05, 0) is 51.0 Å². The van der Waals surface area contributed by atoms with E-state index in [2.05, 4.69) is 35.4 Å². The third-order valence-corrected chi connectivity index (χ3v) is 3.45. The molecule has 0 aromatic heterocycles. The summed E-state index contributed by atoms with van der Waals surface area (Å²) in [6, 6.07) is 6.77. The maximum absolute atomic E-state index is 11.9. The van der Waals surface area contributed by atoms with Gasteiger partial charge < -0.3 is 10.6 Å². The predicted molar refractivity (Wildman–Crippen MR) is 78.6 cm³/mol. The summed E-state index contributed by atoms with van der Waals surface area (Å²) in [7, 11) is 0. The smallest absolute Gasteiger partial charge is 0.319 e. The van der Waals surface area contributed by atoms with Gasteiger partial charge in [0.2, 0.25) is 0 Å². The van der Waals surface area contributed by atoms with Gasteiger partial charge in [0, 0.05) is 24.8 Å². The second-order valence-corrected chi connectivity index (χ2v) is 5.72. The Morgan fingerprint density at radius 3 is 2.32 bits per heavy atom. The first kappa shape index (κ1) is 13.9. The minimum atomic E-state index is -0.113. The second-order valence-electron chi connectivity index (χ2n) is 5.72. The summed E-state index contributed by atoms with van der Waals surface area (Å²) < 4.78 is 0. The minimum Gasteiger partial charge on any atom is -0.333 e. The molecule has 1 aliphatic heterocycles. The summed E-state index contributed by atoms with van der Waals surface area (Å²) in [6.07, 6.45) is 0. The lowest BCUT2D eigenvalue weighted by atomic mass is 10.1. The van der Waals surface area contributed by atoms with E-state index in [-0.39, 0.29) is 12.1 Å². The van der Waals surface area contributed by atoms with Crippen molar-refractivity contribution in [2.75, 3.05) is 18.4 Å². The number of rotatable bonds is 3. The fraction of sp³-hybridized carbons (Fsp3) is 0.533. The fourth-order valence-electron chi connectivity index (χ4n) is 2.43. The van der Waals surface area contributed by atoms with Crippen LogP contribution in [0.5, 0.6) is 0 Å². The lowest BCUT2D eigenvalue weighted by Crippen LogP contribution is -2.61. The highest BCUT2D eigenvalue weighted by Gasteiger charge is 2.29. The zero-order valence-electron chi connectivity index (χ0n) is 12.2. The molecule has 1 aliphatic rings. The molecule has 2 amide bonds. The highest BCUT2D eigenvalue weighted by atomic mass is 16.2. The molecule has 0 spiro atoms. The van der Waals surface area contributed by atoms with Crippen LogP contribution in [0.1, 0.15) is 25.0 Å². The lowest BCUT2D eigenvalue weighted by Gasteiger charge is -2.42. The molecule has 0 radical (unpaired) electrons. The Morgan fingerprint density at radius 2 is 1.79 bits per heavy atom. The van der Waals surface area contributed by atoms with Crippen LogP contribution in [0, 0.1) is 13.8 Å². The molecule has 1 aromatic rings. The number of amides is 2. The van der Waals surface area contributed by atoms with E-state index in [9.17, 15) is 4.79 Å².